The summed E-state index contributed by atoms with van der Waals surface area (Å²) in [6.07, 6.45) is 5.81. The molecule has 3 heterocycles. The second kappa shape index (κ2) is 9.69. The lowest BCUT2D eigenvalue weighted by Crippen LogP contribution is -2.55. The Hall–Kier alpha value is -2.27. The van der Waals surface area contributed by atoms with Crippen LogP contribution in [0.25, 0.3) is 0 Å². The van der Waals surface area contributed by atoms with E-state index in [4.69, 9.17) is 0 Å². The number of hydrogen-bond donors (Lipinski definition) is 4. The van der Waals surface area contributed by atoms with E-state index in [1.54, 1.807) is 13.1 Å². The fourth-order valence-electron chi connectivity index (χ4n) is 3.77. The molecule has 1 aromatic heterocycles. The molecular weight excluding hydrogens is 428 g/mol. The van der Waals surface area contributed by atoms with Gasteiger partial charge in [0.05, 0.1) is 28.9 Å². The number of aryl methyl sites for hydroxylation is 1. The van der Waals surface area contributed by atoms with Crippen molar-refractivity contribution in [2.45, 2.75) is 56.1 Å². The zero-order valence-electron chi connectivity index (χ0n) is 16.5. The normalized spacial score (nSPS) is 21.8. The summed E-state index contributed by atoms with van der Waals surface area (Å²) in [5.41, 5.74) is 2.26. The number of unbranched alkanes of at least 4 members (excludes halogenated alkanes) is 2. The highest BCUT2D eigenvalue weighted by molar-refractivity contribution is 8.01. The number of hydrogen-bond acceptors (Lipinski definition) is 7. The van der Waals surface area contributed by atoms with E-state index in [0.29, 0.717) is 17.6 Å². The number of nitrogens with zero attached hydrogens (tertiary/aromatic N) is 3. The standard InChI is InChI=1S/C19H24N4O5S2/c1-10(18(25)26)12(6-4-2-3-5-11-8-20-22-21-11)17-13(9-29)16(19(27)28)23-14(24)7-15(23)30-17/h8,15,17,29H,2-7,9H2,1H3,(H,25,26)(H,27,28)(H,20,21,22). The molecule has 3 rings (SSSR count). The first-order chi connectivity index (χ1) is 14.3. The molecule has 2 aliphatic rings. The first-order valence-electron chi connectivity index (χ1n) is 9.67. The summed E-state index contributed by atoms with van der Waals surface area (Å²) in [4.78, 5) is 36.9. The average molecular weight is 453 g/mol. The number of aromatic amines is 1. The number of carboxylic acids is 2. The van der Waals surface area contributed by atoms with Gasteiger partial charge in [0.15, 0.2) is 0 Å². The van der Waals surface area contributed by atoms with Crippen LogP contribution in [0.4, 0.5) is 0 Å². The Kier molecular flexibility index (Phi) is 7.24. The van der Waals surface area contributed by atoms with E-state index >= 15 is 0 Å². The summed E-state index contributed by atoms with van der Waals surface area (Å²) in [5.74, 6) is -2.28. The molecule has 0 aliphatic carbocycles. The second-order valence-corrected chi connectivity index (χ2v) is 8.86. The maximum Gasteiger partial charge on any atom is 0.352 e. The van der Waals surface area contributed by atoms with E-state index < -0.39 is 17.2 Å². The summed E-state index contributed by atoms with van der Waals surface area (Å²) < 4.78 is 0. The summed E-state index contributed by atoms with van der Waals surface area (Å²) in [6, 6.07) is 0. The zero-order chi connectivity index (χ0) is 21.8. The number of aliphatic carboxylic acids is 2. The van der Waals surface area contributed by atoms with Gasteiger partial charge in [-0.25, -0.2) is 9.59 Å². The van der Waals surface area contributed by atoms with Gasteiger partial charge in [-0.05, 0) is 43.8 Å². The van der Waals surface area contributed by atoms with Crippen LogP contribution in [0.1, 0.15) is 44.7 Å². The lowest BCUT2D eigenvalue weighted by atomic mass is 9.93. The zero-order valence-corrected chi connectivity index (χ0v) is 18.2. The molecule has 0 aromatic carbocycles. The Balaban J connectivity index is 1.80. The Morgan fingerprint density at radius 1 is 1.33 bits per heavy atom. The van der Waals surface area contributed by atoms with Crippen molar-refractivity contribution < 1.29 is 24.6 Å². The number of rotatable bonds is 10. The number of carboxylic acid groups (broad SMARTS) is 2. The van der Waals surface area contributed by atoms with Crippen LogP contribution in [0.2, 0.25) is 0 Å². The van der Waals surface area contributed by atoms with Crippen molar-refractivity contribution in [2.75, 3.05) is 5.75 Å². The number of aromatic nitrogens is 3. The molecule has 2 aliphatic heterocycles. The van der Waals surface area contributed by atoms with Crippen molar-refractivity contribution in [3.05, 3.63) is 34.3 Å². The number of carbonyl (C=O) groups is 3. The van der Waals surface area contributed by atoms with E-state index in [2.05, 4.69) is 28.0 Å². The summed E-state index contributed by atoms with van der Waals surface area (Å²) in [6.45, 7) is 1.56. The number of β-lactam (4-membered cyclic amide) rings is 1. The van der Waals surface area contributed by atoms with Gasteiger partial charge < -0.3 is 10.2 Å². The molecule has 30 heavy (non-hydrogen) atoms. The van der Waals surface area contributed by atoms with Gasteiger partial charge in [-0.3, -0.25) is 9.69 Å². The molecule has 11 heteroatoms. The van der Waals surface area contributed by atoms with Crippen molar-refractivity contribution in [1.82, 2.24) is 20.3 Å². The van der Waals surface area contributed by atoms with Crippen molar-refractivity contribution in [3.8, 4) is 0 Å². The predicted octanol–water partition coefficient (Wildman–Crippen LogP) is 2.25. The Morgan fingerprint density at radius 2 is 2.10 bits per heavy atom. The maximum absolute atomic E-state index is 12.0. The number of nitrogens with one attached hydrogen (secondary N) is 1. The van der Waals surface area contributed by atoms with E-state index in [1.165, 1.54) is 16.7 Å². The largest absolute Gasteiger partial charge is 0.478 e. The molecule has 1 aromatic rings. The van der Waals surface area contributed by atoms with Crippen LogP contribution in [0.5, 0.6) is 0 Å². The molecule has 1 saturated heterocycles. The third kappa shape index (κ3) is 4.56. The van der Waals surface area contributed by atoms with Gasteiger partial charge in [0, 0.05) is 11.3 Å². The molecule has 2 unspecified atom stereocenters. The van der Waals surface area contributed by atoms with E-state index in [1.807, 2.05) is 0 Å². The monoisotopic (exact) mass is 452 g/mol. The van der Waals surface area contributed by atoms with Crippen LogP contribution in [0.15, 0.2) is 28.6 Å². The van der Waals surface area contributed by atoms with Crippen LogP contribution in [-0.2, 0) is 20.8 Å². The van der Waals surface area contributed by atoms with Crippen LogP contribution in [0, 0.1) is 0 Å². The van der Waals surface area contributed by atoms with Crippen molar-refractivity contribution in [1.29, 1.82) is 0 Å². The molecule has 3 N–H and O–H groups in total. The maximum atomic E-state index is 12.0. The summed E-state index contributed by atoms with van der Waals surface area (Å²) in [5, 5.41) is 29.0. The minimum absolute atomic E-state index is 0.0447. The molecule has 1 amide bonds. The van der Waals surface area contributed by atoms with E-state index in [0.717, 1.165) is 31.4 Å². The van der Waals surface area contributed by atoms with Gasteiger partial charge in [0.25, 0.3) is 0 Å². The van der Waals surface area contributed by atoms with Gasteiger partial charge in [0.1, 0.15) is 5.70 Å². The Labute approximate surface area is 183 Å². The van der Waals surface area contributed by atoms with Crippen molar-refractivity contribution in [3.63, 3.8) is 0 Å². The molecular formula is C19H24N4O5S2. The first-order valence-corrected chi connectivity index (χ1v) is 11.2. The molecule has 162 valence electrons. The number of amides is 1. The molecule has 1 fully saturated rings. The highest BCUT2D eigenvalue weighted by Gasteiger charge is 2.49. The number of carbonyl (C=O) groups excluding carboxylic acids is 1. The molecule has 0 spiro atoms. The fraction of sp³-hybridized carbons (Fsp3) is 0.526. The number of fused-ring (bicyclic) bond motifs is 1. The van der Waals surface area contributed by atoms with Gasteiger partial charge in [-0.15, -0.1) is 11.8 Å². The van der Waals surface area contributed by atoms with E-state index in [9.17, 15) is 24.6 Å². The van der Waals surface area contributed by atoms with Crippen LogP contribution < -0.4 is 0 Å². The minimum atomic E-state index is -1.18. The number of thiol groups is 1. The van der Waals surface area contributed by atoms with Crippen LogP contribution in [0.3, 0.4) is 0 Å². The number of H-pyrrole nitrogens is 1. The quantitative estimate of drug-likeness (QED) is 0.184. The molecule has 0 radical (unpaired) electrons. The summed E-state index contributed by atoms with van der Waals surface area (Å²) in [7, 11) is 0. The van der Waals surface area contributed by atoms with Crippen LogP contribution in [-0.4, -0.2) is 64.7 Å². The molecule has 2 atom stereocenters. The Morgan fingerprint density at radius 3 is 2.67 bits per heavy atom. The SMILES string of the molecule is CC(C(=O)O)=C(CCCCCc1cn[nH]n1)C1SC2CC(=O)N2C(C(=O)O)=C1CS. The first kappa shape index (κ1) is 22.4. The third-order valence-electron chi connectivity index (χ3n) is 5.40. The lowest BCUT2D eigenvalue weighted by Gasteiger charge is -2.47. The smallest absolute Gasteiger partial charge is 0.352 e. The second-order valence-electron chi connectivity index (χ2n) is 7.25. The summed E-state index contributed by atoms with van der Waals surface area (Å²) >= 11 is 5.76. The highest BCUT2D eigenvalue weighted by atomic mass is 32.2. The minimum Gasteiger partial charge on any atom is -0.478 e. The van der Waals surface area contributed by atoms with Gasteiger partial charge >= 0.3 is 11.9 Å². The van der Waals surface area contributed by atoms with Gasteiger partial charge in [-0.1, -0.05) is 6.42 Å². The topological polar surface area (TPSA) is 136 Å². The lowest BCUT2D eigenvalue weighted by molar-refractivity contribution is -0.146. The van der Waals surface area contributed by atoms with Gasteiger partial charge in [0.2, 0.25) is 5.91 Å². The highest BCUT2D eigenvalue weighted by Crippen LogP contribution is 2.48. The Bertz CT molecular complexity index is 897. The average Bonchev–Trinajstić information content (AvgIpc) is 3.21. The van der Waals surface area contributed by atoms with Crippen molar-refractivity contribution in [2.24, 2.45) is 0 Å². The van der Waals surface area contributed by atoms with Gasteiger partial charge in [-0.2, -0.15) is 28.0 Å². The number of thioether (sulfide) groups is 1. The molecule has 9 nitrogen and oxygen atoms in total. The third-order valence-corrected chi connectivity index (χ3v) is 7.27. The fourth-order valence-corrected chi connectivity index (χ4v) is 5.94. The molecule has 0 saturated carbocycles. The van der Waals surface area contributed by atoms with Crippen LogP contribution >= 0.6 is 24.4 Å². The molecule has 0 bridgehead atoms. The van der Waals surface area contributed by atoms with Crippen molar-refractivity contribution >= 4 is 42.2 Å². The predicted molar refractivity (Wildman–Crippen MR) is 114 cm³/mol. The van der Waals surface area contributed by atoms with E-state index in [-0.39, 0.29) is 34.7 Å².